The number of aryl methyl sites for hydroxylation is 2. The summed E-state index contributed by atoms with van der Waals surface area (Å²) in [6, 6.07) is 12.9. The van der Waals surface area contributed by atoms with Crippen LogP contribution >= 0.6 is 0 Å². The summed E-state index contributed by atoms with van der Waals surface area (Å²) in [4.78, 5) is 3.86. The van der Waals surface area contributed by atoms with Crippen LogP contribution in [0.25, 0.3) is 0 Å². The molecule has 0 fully saturated rings. The maximum atomic E-state index is 12.6. The molecule has 0 amide bonds. The van der Waals surface area contributed by atoms with Gasteiger partial charge >= 0.3 is 5.76 Å². The van der Waals surface area contributed by atoms with Gasteiger partial charge in [0.15, 0.2) is 0 Å². The Hall–Kier alpha value is -2.81. The zero-order valence-electron chi connectivity index (χ0n) is 14.7. The van der Waals surface area contributed by atoms with E-state index in [0.29, 0.717) is 18.1 Å². The predicted molar refractivity (Wildman–Crippen MR) is 98.0 cm³/mol. The van der Waals surface area contributed by atoms with Crippen molar-refractivity contribution in [1.82, 2.24) is 14.8 Å². The number of rotatable bonds is 6. The number of benzene rings is 2. The SMILES string of the molecule is Cc1nc(C)n(Cc2cccc(Nc3ccc(S(=O)(=O)C(F)F)cc3)c2)n1. The molecule has 0 aliphatic rings. The molecule has 9 heteroatoms. The first kappa shape index (κ1) is 19.0. The van der Waals surface area contributed by atoms with E-state index in [0.717, 1.165) is 29.2 Å². The van der Waals surface area contributed by atoms with Gasteiger partial charge in [-0.2, -0.15) is 13.9 Å². The predicted octanol–water partition coefficient (Wildman–Crippen LogP) is 3.68. The molecule has 0 bridgehead atoms. The van der Waals surface area contributed by atoms with Crippen LogP contribution < -0.4 is 5.32 Å². The van der Waals surface area contributed by atoms with Crippen LogP contribution in [0.5, 0.6) is 0 Å². The summed E-state index contributed by atoms with van der Waals surface area (Å²) in [5.74, 6) is -1.90. The van der Waals surface area contributed by atoms with Crippen molar-refractivity contribution in [3.8, 4) is 0 Å². The van der Waals surface area contributed by atoms with Crippen molar-refractivity contribution in [2.75, 3.05) is 5.32 Å². The Morgan fingerprint density at radius 2 is 1.78 bits per heavy atom. The topological polar surface area (TPSA) is 76.9 Å². The average Bonchev–Trinajstić information content (AvgIpc) is 2.92. The number of halogens is 2. The van der Waals surface area contributed by atoms with E-state index in [9.17, 15) is 17.2 Å². The summed E-state index contributed by atoms with van der Waals surface area (Å²) in [6.45, 7) is 4.28. The van der Waals surface area contributed by atoms with Gasteiger partial charge < -0.3 is 5.32 Å². The second-order valence-corrected chi connectivity index (χ2v) is 7.94. The van der Waals surface area contributed by atoms with E-state index in [1.54, 1.807) is 4.68 Å². The summed E-state index contributed by atoms with van der Waals surface area (Å²) >= 11 is 0. The smallest absolute Gasteiger partial charge is 0.341 e. The molecule has 27 heavy (non-hydrogen) atoms. The highest BCUT2D eigenvalue weighted by molar-refractivity contribution is 7.91. The van der Waals surface area contributed by atoms with Gasteiger partial charge in [0.1, 0.15) is 11.6 Å². The van der Waals surface area contributed by atoms with E-state index >= 15 is 0 Å². The molecule has 6 nitrogen and oxygen atoms in total. The maximum Gasteiger partial charge on any atom is 0.341 e. The Morgan fingerprint density at radius 1 is 1.07 bits per heavy atom. The molecule has 2 aromatic carbocycles. The molecule has 0 spiro atoms. The van der Waals surface area contributed by atoms with E-state index in [-0.39, 0.29) is 0 Å². The van der Waals surface area contributed by atoms with E-state index < -0.39 is 20.5 Å². The quantitative estimate of drug-likeness (QED) is 0.692. The number of anilines is 2. The van der Waals surface area contributed by atoms with Crippen molar-refractivity contribution in [3.05, 3.63) is 65.7 Å². The van der Waals surface area contributed by atoms with E-state index in [4.69, 9.17) is 0 Å². The number of alkyl halides is 2. The molecule has 1 aromatic heterocycles. The highest BCUT2D eigenvalue weighted by atomic mass is 32.2. The molecule has 1 N–H and O–H groups in total. The van der Waals surface area contributed by atoms with Crippen LogP contribution in [0.2, 0.25) is 0 Å². The molecule has 0 aliphatic carbocycles. The Balaban J connectivity index is 1.75. The van der Waals surface area contributed by atoms with Crippen molar-refractivity contribution in [2.24, 2.45) is 0 Å². The van der Waals surface area contributed by atoms with Crippen LogP contribution in [-0.2, 0) is 16.4 Å². The molecule has 0 aliphatic heterocycles. The number of aromatic nitrogens is 3. The molecule has 0 atom stereocenters. The first-order chi connectivity index (χ1) is 12.8. The van der Waals surface area contributed by atoms with Crippen molar-refractivity contribution >= 4 is 21.2 Å². The lowest BCUT2D eigenvalue weighted by atomic mass is 10.2. The fraction of sp³-hybridized carbons (Fsp3) is 0.222. The summed E-state index contributed by atoms with van der Waals surface area (Å²) < 4.78 is 49.9. The third-order valence-electron chi connectivity index (χ3n) is 3.93. The summed E-state index contributed by atoms with van der Waals surface area (Å²) in [5.41, 5.74) is 2.38. The van der Waals surface area contributed by atoms with E-state index in [1.165, 1.54) is 12.1 Å². The fourth-order valence-corrected chi connectivity index (χ4v) is 3.35. The third-order valence-corrected chi connectivity index (χ3v) is 5.33. The largest absolute Gasteiger partial charge is 0.356 e. The van der Waals surface area contributed by atoms with Gasteiger partial charge in [0.2, 0.25) is 9.84 Å². The van der Waals surface area contributed by atoms with Gasteiger partial charge in [-0.25, -0.2) is 18.1 Å². The highest BCUT2D eigenvalue weighted by Gasteiger charge is 2.26. The van der Waals surface area contributed by atoms with Crippen LogP contribution in [0.1, 0.15) is 17.2 Å². The van der Waals surface area contributed by atoms with Gasteiger partial charge in [0, 0.05) is 11.4 Å². The number of nitrogens with one attached hydrogen (secondary N) is 1. The maximum absolute atomic E-state index is 12.6. The molecule has 142 valence electrons. The fourth-order valence-electron chi connectivity index (χ4n) is 2.63. The summed E-state index contributed by atoms with van der Waals surface area (Å²) in [6.07, 6.45) is 0. The van der Waals surface area contributed by atoms with Gasteiger partial charge in [0.25, 0.3) is 0 Å². The molecular weight excluding hydrogens is 374 g/mol. The van der Waals surface area contributed by atoms with Crippen molar-refractivity contribution in [2.45, 2.75) is 31.0 Å². The molecule has 0 saturated heterocycles. The molecule has 0 saturated carbocycles. The van der Waals surface area contributed by atoms with Crippen LogP contribution in [0.3, 0.4) is 0 Å². The molecule has 3 aromatic rings. The lowest BCUT2D eigenvalue weighted by molar-refractivity contribution is 0.234. The van der Waals surface area contributed by atoms with Crippen LogP contribution in [0.4, 0.5) is 20.2 Å². The van der Waals surface area contributed by atoms with Gasteiger partial charge in [0.05, 0.1) is 11.4 Å². The Labute approximate surface area is 155 Å². The minimum Gasteiger partial charge on any atom is -0.356 e. The normalized spacial score (nSPS) is 11.7. The minimum atomic E-state index is -4.59. The first-order valence-electron chi connectivity index (χ1n) is 8.12. The van der Waals surface area contributed by atoms with Gasteiger partial charge in [-0.05, 0) is 55.8 Å². The zero-order chi connectivity index (χ0) is 19.6. The van der Waals surface area contributed by atoms with E-state index in [1.807, 2.05) is 38.1 Å². The number of hydrogen-bond acceptors (Lipinski definition) is 5. The lowest BCUT2D eigenvalue weighted by Gasteiger charge is -2.10. The van der Waals surface area contributed by atoms with Gasteiger partial charge in [-0.15, -0.1) is 0 Å². The highest BCUT2D eigenvalue weighted by Crippen LogP contribution is 2.23. The Kier molecular flexibility index (Phi) is 5.22. The van der Waals surface area contributed by atoms with Crippen LogP contribution in [0, 0.1) is 13.8 Å². The average molecular weight is 392 g/mol. The number of hydrogen-bond donors (Lipinski definition) is 1. The standard InChI is InChI=1S/C18H18F2N4O2S/c1-12-21-13(2)24(23-12)11-14-4-3-5-16(10-14)22-15-6-8-17(9-7-15)27(25,26)18(19)20/h3-10,18,22H,11H2,1-2H3. The molecule has 0 unspecified atom stereocenters. The zero-order valence-corrected chi connectivity index (χ0v) is 15.5. The first-order valence-corrected chi connectivity index (χ1v) is 9.66. The second kappa shape index (κ2) is 7.43. The number of sulfone groups is 1. The van der Waals surface area contributed by atoms with Crippen molar-refractivity contribution in [1.29, 1.82) is 0 Å². The minimum absolute atomic E-state index is 0.408. The van der Waals surface area contributed by atoms with Crippen molar-refractivity contribution in [3.63, 3.8) is 0 Å². The van der Waals surface area contributed by atoms with Gasteiger partial charge in [-0.1, -0.05) is 12.1 Å². The van der Waals surface area contributed by atoms with E-state index in [2.05, 4.69) is 15.4 Å². The Bertz CT molecular complexity index is 1050. The van der Waals surface area contributed by atoms with Crippen LogP contribution in [0.15, 0.2) is 53.4 Å². The molecule has 3 rings (SSSR count). The number of nitrogens with zero attached hydrogens (tertiary/aromatic N) is 3. The lowest BCUT2D eigenvalue weighted by Crippen LogP contribution is -2.11. The van der Waals surface area contributed by atoms with Crippen molar-refractivity contribution < 1.29 is 17.2 Å². The molecular formula is C18H18F2N4O2S. The summed E-state index contributed by atoms with van der Waals surface area (Å²) in [7, 11) is -4.59. The second-order valence-electron chi connectivity index (χ2n) is 6.02. The molecule has 1 heterocycles. The third kappa shape index (κ3) is 4.30. The Morgan fingerprint density at radius 3 is 2.37 bits per heavy atom. The summed E-state index contributed by atoms with van der Waals surface area (Å²) in [5, 5.41) is 7.46. The monoisotopic (exact) mass is 392 g/mol. The molecule has 0 radical (unpaired) electrons. The van der Waals surface area contributed by atoms with Gasteiger partial charge in [-0.3, -0.25) is 0 Å². The van der Waals surface area contributed by atoms with Crippen LogP contribution in [-0.4, -0.2) is 28.9 Å².